The predicted octanol–water partition coefficient (Wildman–Crippen LogP) is -3.36. The number of aliphatic hydroxyl groups excluding tert-OH is 2. The number of carbonyl (C=O) groups excluding carboxylic acids is 2. The van der Waals surface area contributed by atoms with E-state index in [2.05, 4.69) is 0 Å². The smallest absolute Gasteiger partial charge is 0.550 e. The first kappa shape index (κ1) is 20.2. The molecule has 0 rings (SSSR count). The molecule has 86 valence electrons. The zero-order chi connectivity index (χ0) is 11.4. The fourth-order valence-electron chi connectivity index (χ4n) is 0.447. The first-order chi connectivity index (χ1) is 6.54. The number of carboxylic acids is 2. The molecule has 0 aromatic heterocycles. The van der Waals surface area contributed by atoms with E-state index >= 15 is 0 Å². The monoisotopic (exact) mass is 414 g/mol. The molecule has 0 bridgehead atoms. The molecule has 0 aromatic carbocycles. The number of aliphatic carboxylic acids is 2. The topological polar surface area (TPSA) is 121 Å². The average molecular weight is 413 g/mol. The van der Waals surface area contributed by atoms with Crippen molar-refractivity contribution in [1.29, 1.82) is 0 Å². The van der Waals surface area contributed by atoms with Crippen LogP contribution in [0.25, 0.3) is 0 Å². The Morgan fingerprint density at radius 1 is 0.867 bits per heavy atom. The van der Waals surface area contributed by atoms with Crippen LogP contribution in [-0.4, -0.2) is 62.7 Å². The van der Waals surface area contributed by atoms with Crippen molar-refractivity contribution in [1.82, 2.24) is 0 Å². The second-order valence-corrected chi connectivity index (χ2v) is 2.40. The van der Waals surface area contributed by atoms with Crippen LogP contribution < -0.4 is 10.2 Å². The van der Waals surface area contributed by atoms with Crippen LogP contribution >= 0.6 is 0 Å². The number of rotatable bonds is 6. The van der Waals surface area contributed by atoms with Crippen LogP contribution in [-0.2, 0) is 9.59 Å². The summed E-state index contributed by atoms with van der Waals surface area (Å²) in [5.74, 6) is -2.21. The number of carboxylic acid groups (broad SMARTS) is 2. The van der Waals surface area contributed by atoms with Crippen molar-refractivity contribution in [3.05, 3.63) is 0 Å². The second-order valence-electron chi connectivity index (χ2n) is 2.40. The maximum atomic E-state index is 9.54. The molecule has 0 heterocycles. The summed E-state index contributed by atoms with van der Waals surface area (Å²) in [4.78, 5) is 19.1. The van der Waals surface area contributed by atoms with Crippen molar-refractivity contribution in [2.24, 2.45) is 0 Å². The van der Waals surface area contributed by atoms with Crippen LogP contribution in [0, 0.1) is 0 Å². The molecular weight excluding hydrogens is 399 g/mol. The molecule has 0 atom stereocenters. The molecule has 0 aromatic rings. The number of aliphatic hydroxyl groups is 2. The molecular formula is C8H14O6Pb. The molecule has 0 saturated carbocycles. The SMILES string of the molecule is O=C([O-])CCCO.O=C([O-])CCCO.[Pb+2]. The fraction of sp³-hybridized carbons (Fsp3) is 0.750. The minimum Gasteiger partial charge on any atom is -0.550 e. The van der Waals surface area contributed by atoms with Crippen LogP contribution in [0.4, 0.5) is 0 Å². The van der Waals surface area contributed by atoms with Gasteiger partial charge in [0.15, 0.2) is 0 Å². The molecule has 0 aliphatic heterocycles. The van der Waals surface area contributed by atoms with Crippen molar-refractivity contribution in [3.8, 4) is 0 Å². The summed E-state index contributed by atoms with van der Waals surface area (Å²) in [6, 6.07) is 0. The summed E-state index contributed by atoms with van der Waals surface area (Å²) in [5, 5.41) is 35.1. The molecule has 7 heteroatoms. The maximum Gasteiger partial charge on any atom is 2.00 e. The van der Waals surface area contributed by atoms with Gasteiger partial charge in [-0.2, -0.15) is 0 Å². The summed E-state index contributed by atoms with van der Waals surface area (Å²) in [5.41, 5.74) is 0. The van der Waals surface area contributed by atoms with Crippen molar-refractivity contribution >= 4 is 39.2 Å². The molecule has 2 radical (unpaired) electrons. The molecule has 0 unspecified atom stereocenters. The van der Waals surface area contributed by atoms with Crippen LogP contribution in [0.3, 0.4) is 0 Å². The third-order valence-corrected chi connectivity index (χ3v) is 1.08. The Morgan fingerprint density at radius 3 is 1.20 bits per heavy atom. The van der Waals surface area contributed by atoms with E-state index in [4.69, 9.17) is 10.2 Å². The van der Waals surface area contributed by atoms with Crippen LogP contribution in [0.1, 0.15) is 25.7 Å². The van der Waals surface area contributed by atoms with Crippen molar-refractivity contribution < 1.29 is 30.0 Å². The third kappa shape index (κ3) is 31.6. The second kappa shape index (κ2) is 16.2. The van der Waals surface area contributed by atoms with Crippen molar-refractivity contribution in [2.45, 2.75) is 25.7 Å². The van der Waals surface area contributed by atoms with Gasteiger partial charge >= 0.3 is 27.3 Å². The molecule has 0 spiro atoms. The summed E-state index contributed by atoms with van der Waals surface area (Å²) in [6.45, 7) is -0.151. The number of hydrogen-bond donors (Lipinski definition) is 2. The van der Waals surface area contributed by atoms with Gasteiger partial charge in [-0.3, -0.25) is 0 Å². The molecule has 0 saturated heterocycles. The van der Waals surface area contributed by atoms with E-state index in [-0.39, 0.29) is 53.4 Å². The van der Waals surface area contributed by atoms with Gasteiger partial charge in [0, 0.05) is 25.2 Å². The standard InChI is InChI=1S/2C4H8O3.Pb/c2*5-3-1-2-4(6)7;/h2*5H,1-3H2,(H,6,7);/q;;+2/p-2. The molecule has 6 nitrogen and oxygen atoms in total. The summed E-state index contributed by atoms with van der Waals surface area (Å²) < 4.78 is 0. The van der Waals surface area contributed by atoms with Gasteiger partial charge in [-0.1, -0.05) is 0 Å². The molecule has 0 aliphatic carbocycles. The Balaban J connectivity index is -0.000000180. The van der Waals surface area contributed by atoms with Crippen LogP contribution in [0.2, 0.25) is 0 Å². The van der Waals surface area contributed by atoms with E-state index in [1.165, 1.54) is 0 Å². The van der Waals surface area contributed by atoms with E-state index in [0.717, 1.165) is 0 Å². The number of carbonyl (C=O) groups is 2. The van der Waals surface area contributed by atoms with Gasteiger partial charge in [0.05, 0.1) is 0 Å². The minimum absolute atomic E-state index is 0. The first-order valence-electron chi connectivity index (χ1n) is 4.16. The van der Waals surface area contributed by atoms with Crippen molar-refractivity contribution in [2.75, 3.05) is 13.2 Å². The van der Waals surface area contributed by atoms with Crippen molar-refractivity contribution in [3.63, 3.8) is 0 Å². The number of hydrogen-bond acceptors (Lipinski definition) is 6. The Hall–Kier alpha value is -0.218. The predicted molar refractivity (Wildman–Crippen MR) is 48.4 cm³/mol. The quantitative estimate of drug-likeness (QED) is 0.439. The zero-order valence-electron chi connectivity index (χ0n) is 8.27. The minimum atomic E-state index is -1.10. The van der Waals surface area contributed by atoms with E-state index in [1.54, 1.807) is 0 Å². The van der Waals surface area contributed by atoms with Gasteiger partial charge in [-0.05, 0) is 25.7 Å². The third-order valence-electron chi connectivity index (χ3n) is 1.08. The molecule has 15 heavy (non-hydrogen) atoms. The van der Waals surface area contributed by atoms with E-state index in [0.29, 0.717) is 12.8 Å². The van der Waals surface area contributed by atoms with Gasteiger partial charge in [-0.25, -0.2) is 0 Å². The first-order valence-corrected chi connectivity index (χ1v) is 4.16. The Morgan fingerprint density at radius 2 is 1.13 bits per heavy atom. The maximum absolute atomic E-state index is 9.54. The van der Waals surface area contributed by atoms with Crippen LogP contribution in [0.5, 0.6) is 0 Å². The summed E-state index contributed by atoms with van der Waals surface area (Å²) in [7, 11) is 0. The Kier molecular flexibility index (Phi) is 21.9. The van der Waals surface area contributed by atoms with Gasteiger partial charge in [0.25, 0.3) is 0 Å². The Bertz CT molecular complexity index is 143. The van der Waals surface area contributed by atoms with Gasteiger partial charge in [0.2, 0.25) is 0 Å². The fourth-order valence-corrected chi connectivity index (χ4v) is 0.447. The van der Waals surface area contributed by atoms with Crippen LogP contribution in [0.15, 0.2) is 0 Å². The summed E-state index contributed by atoms with van der Waals surface area (Å²) in [6.07, 6.45) is 0.498. The van der Waals surface area contributed by atoms with Gasteiger partial charge in [0.1, 0.15) is 0 Å². The zero-order valence-corrected chi connectivity index (χ0v) is 12.2. The molecule has 0 aliphatic rings. The average Bonchev–Trinajstić information content (AvgIpc) is 2.12. The molecule has 0 fully saturated rings. The molecule has 2 N–H and O–H groups in total. The summed E-state index contributed by atoms with van der Waals surface area (Å²) >= 11 is 0. The van der Waals surface area contributed by atoms with E-state index in [9.17, 15) is 19.8 Å². The van der Waals surface area contributed by atoms with Gasteiger partial charge in [-0.15, -0.1) is 0 Å². The van der Waals surface area contributed by atoms with Gasteiger partial charge < -0.3 is 30.0 Å². The molecule has 0 amide bonds. The largest absolute Gasteiger partial charge is 2.00 e. The normalized spacial score (nSPS) is 8.13. The Labute approximate surface area is 108 Å². The van der Waals surface area contributed by atoms with E-state index in [1.807, 2.05) is 0 Å². The van der Waals surface area contributed by atoms with E-state index < -0.39 is 11.9 Å².